The van der Waals surface area contributed by atoms with E-state index in [0.717, 1.165) is 5.56 Å². The van der Waals surface area contributed by atoms with Crippen molar-refractivity contribution in [1.82, 2.24) is 0 Å². The Morgan fingerprint density at radius 3 is 2.58 bits per heavy atom. The Kier molecular flexibility index (Phi) is 5.54. The van der Waals surface area contributed by atoms with E-state index in [9.17, 15) is 14.0 Å². The number of hydrogen-bond acceptors (Lipinski definition) is 5. The minimum Gasteiger partial charge on any atom is -0.489 e. The number of benzene rings is 3. The van der Waals surface area contributed by atoms with Crippen LogP contribution in [0.2, 0.25) is 0 Å². The molecule has 1 heterocycles. The summed E-state index contributed by atoms with van der Waals surface area (Å²) in [6.07, 6.45) is 1.62. The predicted octanol–water partition coefficient (Wildman–Crippen LogP) is 5.12. The van der Waals surface area contributed by atoms with Gasteiger partial charge in [-0.25, -0.2) is 9.18 Å². The number of aryl methyl sites for hydroxylation is 1. The van der Waals surface area contributed by atoms with Crippen molar-refractivity contribution in [3.63, 3.8) is 0 Å². The molecule has 3 aromatic carbocycles. The highest BCUT2D eigenvalue weighted by atomic mass is 19.1. The molecule has 0 saturated carbocycles. The monoisotopic (exact) mass is 418 g/mol. The topological polar surface area (TPSA) is 61.8 Å². The highest BCUT2D eigenvalue weighted by Crippen LogP contribution is 2.37. The molecule has 3 aromatic rings. The fraction of sp³-hybridized carbons (Fsp3) is 0.120. The summed E-state index contributed by atoms with van der Waals surface area (Å²) in [5.74, 6) is 0.150. The van der Waals surface area contributed by atoms with Crippen LogP contribution in [0.1, 0.15) is 37.4 Å². The van der Waals surface area contributed by atoms with Crippen molar-refractivity contribution in [2.75, 3.05) is 7.11 Å². The highest BCUT2D eigenvalue weighted by molar-refractivity contribution is 6.15. The standard InChI is InChI=1S/C25H19FO5/c1-15-10-20(30-14-17-4-3-5-19(26)11-17)13-21-23(15)24(27)22(31-21)12-16-6-8-18(9-7-16)25(28)29-2/h3-13H,14H2,1-2H3/b22-12-. The number of rotatable bonds is 5. The van der Waals surface area contributed by atoms with Crippen LogP contribution in [0.5, 0.6) is 11.5 Å². The Morgan fingerprint density at radius 1 is 1.10 bits per heavy atom. The third-order valence-electron chi connectivity index (χ3n) is 4.87. The molecule has 5 nitrogen and oxygen atoms in total. The maximum Gasteiger partial charge on any atom is 0.337 e. The van der Waals surface area contributed by atoms with Gasteiger partial charge in [0.2, 0.25) is 5.78 Å². The molecule has 0 amide bonds. The van der Waals surface area contributed by atoms with Crippen LogP contribution < -0.4 is 9.47 Å². The number of ketones is 1. The maximum absolute atomic E-state index is 13.3. The average Bonchev–Trinajstić information content (AvgIpc) is 3.08. The van der Waals surface area contributed by atoms with Crippen LogP contribution in [0, 0.1) is 12.7 Å². The largest absolute Gasteiger partial charge is 0.489 e. The van der Waals surface area contributed by atoms with Crippen LogP contribution in [0.15, 0.2) is 66.4 Å². The molecule has 0 bridgehead atoms. The van der Waals surface area contributed by atoms with Crippen molar-refractivity contribution in [1.29, 1.82) is 0 Å². The third kappa shape index (κ3) is 4.33. The van der Waals surface area contributed by atoms with Gasteiger partial charge in [0.15, 0.2) is 5.76 Å². The van der Waals surface area contributed by atoms with Crippen LogP contribution in [0.3, 0.4) is 0 Å². The van der Waals surface area contributed by atoms with Gasteiger partial charge in [-0.05, 0) is 60.0 Å². The van der Waals surface area contributed by atoms with Gasteiger partial charge in [-0.3, -0.25) is 4.79 Å². The Hall–Kier alpha value is -3.93. The second-order valence-corrected chi connectivity index (χ2v) is 7.09. The molecule has 1 aliphatic rings. The van der Waals surface area contributed by atoms with Crippen molar-refractivity contribution < 1.29 is 28.2 Å². The SMILES string of the molecule is COC(=O)c1ccc(/C=C2\Oc3cc(OCc4cccc(F)c4)cc(C)c3C2=O)cc1. The molecular formula is C25H19FO5. The predicted molar refractivity (Wildman–Crippen MR) is 113 cm³/mol. The molecule has 31 heavy (non-hydrogen) atoms. The first kappa shape index (κ1) is 20.3. The summed E-state index contributed by atoms with van der Waals surface area (Å²) in [5.41, 5.74) is 3.04. The quantitative estimate of drug-likeness (QED) is 0.425. The highest BCUT2D eigenvalue weighted by Gasteiger charge is 2.30. The molecule has 0 spiro atoms. The van der Waals surface area contributed by atoms with E-state index in [2.05, 4.69) is 4.74 Å². The van der Waals surface area contributed by atoms with Gasteiger partial charge in [-0.15, -0.1) is 0 Å². The van der Waals surface area contributed by atoms with Crippen molar-refractivity contribution in [3.8, 4) is 11.5 Å². The van der Waals surface area contributed by atoms with Gasteiger partial charge in [0.05, 0.1) is 18.2 Å². The van der Waals surface area contributed by atoms with Gasteiger partial charge in [-0.2, -0.15) is 0 Å². The van der Waals surface area contributed by atoms with E-state index < -0.39 is 5.97 Å². The molecule has 0 atom stereocenters. The van der Waals surface area contributed by atoms with Crippen molar-refractivity contribution in [2.24, 2.45) is 0 Å². The Morgan fingerprint density at radius 2 is 1.87 bits per heavy atom. The summed E-state index contributed by atoms with van der Waals surface area (Å²) in [6, 6.07) is 16.2. The Balaban J connectivity index is 1.53. The van der Waals surface area contributed by atoms with E-state index in [-0.39, 0.29) is 24.0 Å². The molecule has 0 fully saturated rings. The lowest BCUT2D eigenvalue weighted by atomic mass is 10.0. The van der Waals surface area contributed by atoms with Gasteiger partial charge < -0.3 is 14.2 Å². The summed E-state index contributed by atoms with van der Waals surface area (Å²) < 4.78 is 29.6. The molecule has 0 aliphatic carbocycles. The molecule has 0 aromatic heterocycles. The van der Waals surface area contributed by atoms with Crippen LogP contribution in [-0.4, -0.2) is 18.9 Å². The van der Waals surface area contributed by atoms with E-state index in [4.69, 9.17) is 9.47 Å². The number of halogens is 1. The summed E-state index contributed by atoms with van der Waals surface area (Å²) >= 11 is 0. The van der Waals surface area contributed by atoms with Crippen molar-refractivity contribution in [3.05, 3.63) is 100 Å². The number of fused-ring (bicyclic) bond motifs is 1. The summed E-state index contributed by atoms with van der Waals surface area (Å²) in [7, 11) is 1.32. The molecular weight excluding hydrogens is 399 g/mol. The molecule has 0 N–H and O–H groups in total. The average molecular weight is 418 g/mol. The second kappa shape index (κ2) is 8.44. The summed E-state index contributed by atoms with van der Waals surface area (Å²) in [5, 5.41) is 0. The smallest absolute Gasteiger partial charge is 0.337 e. The van der Waals surface area contributed by atoms with E-state index in [1.54, 1.807) is 54.6 Å². The van der Waals surface area contributed by atoms with Gasteiger partial charge in [0.1, 0.15) is 23.9 Å². The fourth-order valence-electron chi connectivity index (χ4n) is 3.34. The van der Waals surface area contributed by atoms with E-state index in [1.165, 1.54) is 19.2 Å². The summed E-state index contributed by atoms with van der Waals surface area (Å²) in [4.78, 5) is 24.4. The first-order valence-corrected chi connectivity index (χ1v) is 9.59. The second-order valence-electron chi connectivity index (χ2n) is 7.09. The van der Waals surface area contributed by atoms with E-state index in [0.29, 0.717) is 33.8 Å². The molecule has 0 saturated heterocycles. The molecule has 0 unspecified atom stereocenters. The van der Waals surface area contributed by atoms with Gasteiger partial charge in [-0.1, -0.05) is 24.3 Å². The van der Waals surface area contributed by atoms with Crippen LogP contribution >= 0.6 is 0 Å². The Labute approximate surface area is 178 Å². The number of carbonyl (C=O) groups excluding carboxylic acids is 2. The van der Waals surface area contributed by atoms with Crippen molar-refractivity contribution in [2.45, 2.75) is 13.5 Å². The van der Waals surface area contributed by atoms with Gasteiger partial charge in [0, 0.05) is 6.07 Å². The zero-order valence-corrected chi connectivity index (χ0v) is 17.0. The van der Waals surface area contributed by atoms with Crippen molar-refractivity contribution >= 4 is 17.8 Å². The lowest BCUT2D eigenvalue weighted by Gasteiger charge is -2.09. The van der Waals surface area contributed by atoms with Crippen LogP contribution in [0.4, 0.5) is 4.39 Å². The number of allylic oxidation sites excluding steroid dienone is 1. The number of Topliss-reactive ketones (excluding diaryl/α,β-unsaturated/α-hetero) is 1. The number of carbonyl (C=O) groups is 2. The lowest BCUT2D eigenvalue weighted by Crippen LogP contribution is -2.01. The van der Waals surface area contributed by atoms with Gasteiger partial charge in [0.25, 0.3) is 0 Å². The molecule has 6 heteroatoms. The van der Waals surface area contributed by atoms with E-state index in [1.807, 2.05) is 6.92 Å². The molecule has 0 radical (unpaired) electrons. The van der Waals surface area contributed by atoms with Crippen LogP contribution in [-0.2, 0) is 11.3 Å². The number of hydrogen-bond donors (Lipinski definition) is 0. The zero-order valence-electron chi connectivity index (χ0n) is 17.0. The normalized spacial score (nSPS) is 13.6. The molecule has 4 rings (SSSR count). The summed E-state index contributed by atoms with van der Waals surface area (Å²) in [6.45, 7) is 2.00. The first-order chi connectivity index (χ1) is 14.9. The molecule has 156 valence electrons. The fourth-order valence-corrected chi connectivity index (χ4v) is 3.34. The van der Waals surface area contributed by atoms with Gasteiger partial charge >= 0.3 is 5.97 Å². The number of ether oxygens (including phenoxy) is 3. The lowest BCUT2D eigenvalue weighted by molar-refractivity contribution is 0.0600. The maximum atomic E-state index is 13.3. The molecule has 1 aliphatic heterocycles. The minimum absolute atomic E-state index is 0.186. The third-order valence-corrected chi connectivity index (χ3v) is 4.87. The Bertz CT molecular complexity index is 1200. The van der Waals surface area contributed by atoms with Crippen LogP contribution in [0.25, 0.3) is 6.08 Å². The number of esters is 1. The zero-order chi connectivity index (χ0) is 22.0. The minimum atomic E-state index is -0.429. The number of methoxy groups -OCH3 is 1. The first-order valence-electron chi connectivity index (χ1n) is 9.59. The van der Waals surface area contributed by atoms with E-state index >= 15 is 0 Å².